The monoisotopic (exact) mass is 313 g/mol. The highest BCUT2D eigenvalue weighted by Gasteiger charge is 2.17. The predicted molar refractivity (Wildman–Crippen MR) is 69.5 cm³/mol. The van der Waals surface area contributed by atoms with Gasteiger partial charge in [0, 0.05) is 4.47 Å². The van der Waals surface area contributed by atoms with E-state index < -0.39 is 0 Å². The molecule has 1 N–H and O–H groups in total. The van der Waals surface area contributed by atoms with Crippen LogP contribution in [0.5, 0.6) is 0 Å². The van der Waals surface area contributed by atoms with Gasteiger partial charge in [-0.3, -0.25) is 0 Å². The Labute approximate surface area is 113 Å². The summed E-state index contributed by atoms with van der Waals surface area (Å²) >= 11 is 3.34. The molecule has 4 nitrogen and oxygen atoms in total. The second-order valence-corrected chi connectivity index (χ2v) is 4.67. The van der Waals surface area contributed by atoms with Crippen LogP contribution in [0.15, 0.2) is 27.1 Å². The van der Waals surface area contributed by atoms with Crippen molar-refractivity contribution in [3.8, 4) is 11.5 Å². The molecule has 0 aliphatic carbocycles. The summed E-state index contributed by atoms with van der Waals surface area (Å²) in [4.78, 5) is 0. The molecule has 6 heteroatoms. The van der Waals surface area contributed by atoms with Crippen LogP contribution in [0.4, 0.5) is 4.39 Å². The standard InChI is InChI=1S/C12H13BrFN3O/c1-3-10(15-2)12-17-16-11(18-12)8-6-7(14)4-5-9(8)13/h4-6,10,15H,3H2,1-2H3. The van der Waals surface area contributed by atoms with Gasteiger partial charge in [-0.25, -0.2) is 4.39 Å². The number of nitrogens with zero attached hydrogens (tertiary/aromatic N) is 2. The van der Waals surface area contributed by atoms with Crippen molar-refractivity contribution in [2.24, 2.45) is 0 Å². The second kappa shape index (κ2) is 5.58. The van der Waals surface area contributed by atoms with Gasteiger partial charge in [-0.05, 0) is 47.6 Å². The van der Waals surface area contributed by atoms with Crippen LogP contribution in [0.1, 0.15) is 25.3 Å². The van der Waals surface area contributed by atoms with E-state index >= 15 is 0 Å². The molecule has 0 fully saturated rings. The van der Waals surface area contributed by atoms with Crippen LogP contribution in [-0.2, 0) is 0 Å². The number of nitrogens with one attached hydrogen (secondary N) is 1. The van der Waals surface area contributed by atoms with Gasteiger partial charge in [-0.15, -0.1) is 10.2 Å². The quantitative estimate of drug-likeness (QED) is 0.941. The van der Waals surface area contributed by atoms with E-state index in [4.69, 9.17) is 4.42 Å². The summed E-state index contributed by atoms with van der Waals surface area (Å²) in [6.45, 7) is 2.02. The Morgan fingerprint density at radius 2 is 2.22 bits per heavy atom. The van der Waals surface area contributed by atoms with Crippen molar-refractivity contribution >= 4 is 15.9 Å². The van der Waals surface area contributed by atoms with Gasteiger partial charge in [0.2, 0.25) is 11.8 Å². The second-order valence-electron chi connectivity index (χ2n) is 3.82. The Hall–Kier alpha value is -1.27. The Kier molecular flexibility index (Phi) is 4.08. The molecule has 1 aromatic heterocycles. The fraction of sp³-hybridized carbons (Fsp3) is 0.333. The molecule has 0 saturated heterocycles. The van der Waals surface area contributed by atoms with Gasteiger partial charge in [0.05, 0.1) is 11.6 Å². The van der Waals surface area contributed by atoms with E-state index in [1.165, 1.54) is 12.1 Å². The number of rotatable bonds is 4. The summed E-state index contributed by atoms with van der Waals surface area (Å²) in [6, 6.07) is 4.36. The third kappa shape index (κ3) is 2.59. The molecule has 1 atom stereocenters. The highest BCUT2D eigenvalue weighted by molar-refractivity contribution is 9.10. The number of hydrogen-bond donors (Lipinski definition) is 1. The Balaban J connectivity index is 2.37. The largest absolute Gasteiger partial charge is 0.419 e. The maximum absolute atomic E-state index is 13.2. The van der Waals surface area contributed by atoms with Crippen molar-refractivity contribution in [1.82, 2.24) is 15.5 Å². The lowest BCUT2D eigenvalue weighted by Gasteiger charge is -2.07. The Morgan fingerprint density at radius 3 is 2.89 bits per heavy atom. The molecule has 1 unspecified atom stereocenters. The van der Waals surface area contributed by atoms with Crippen molar-refractivity contribution in [1.29, 1.82) is 0 Å². The minimum absolute atomic E-state index is 0.0126. The van der Waals surface area contributed by atoms with Crippen molar-refractivity contribution in [3.05, 3.63) is 34.4 Å². The highest BCUT2D eigenvalue weighted by atomic mass is 79.9. The highest BCUT2D eigenvalue weighted by Crippen LogP contribution is 2.29. The summed E-state index contributed by atoms with van der Waals surface area (Å²) in [5.41, 5.74) is 0.555. The molecule has 0 aliphatic heterocycles. The average Bonchev–Trinajstić information content (AvgIpc) is 2.83. The normalized spacial score (nSPS) is 12.7. The summed E-state index contributed by atoms with van der Waals surface area (Å²) in [7, 11) is 1.83. The van der Waals surface area contributed by atoms with Gasteiger partial charge < -0.3 is 9.73 Å². The predicted octanol–water partition coefficient (Wildman–Crippen LogP) is 3.31. The van der Waals surface area contributed by atoms with E-state index in [2.05, 4.69) is 31.4 Å². The van der Waals surface area contributed by atoms with Gasteiger partial charge >= 0.3 is 0 Å². The van der Waals surface area contributed by atoms with Crippen molar-refractivity contribution in [2.45, 2.75) is 19.4 Å². The Morgan fingerprint density at radius 1 is 1.44 bits per heavy atom. The van der Waals surface area contributed by atoms with E-state index in [0.29, 0.717) is 17.3 Å². The van der Waals surface area contributed by atoms with Gasteiger partial charge in [-0.2, -0.15) is 0 Å². The molecule has 0 spiro atoms. The molecule has 1 aromatic carbocycles. The maximum atomic E-state index is 13.2. The SMILES string of the molecule is CCC(NC)c1nnc(-c2cc(F)ccc2Br)o1. The lowest BCUT2D eigenvalue weighted by molar-refractivity contribution is 0.415. The lowest BCUT2D eigenvalue weighted by atomic mass is 10.2. The molecule has 96 valence electrons. The first-order valence-corrected chi connectivity index (χ1v) is 6.41. The summed E-state index contributed by atoms with van der Waals surface area (Å²) in [5.74, 6) is 0.477. The summed E-state index contributed by atoms with van der Waals surface area (Å²) < 4.78 is 19.5. The van der Waals surface area contributed by atoms with Gasteiger partial charge in [-0.1, -0.05) is 6.92 Å². The molecule has 18 heavy (non-hydrogen) atoms. The number of aromatic nitrogens is 2. The van der Waals surface area contributed by atoms with E-state index in [-0.39, 0.29) is 11.9 Å². The fourth-order valence-electron chi connectivity index (χ4n) is 1.65. The topological polar surface area (TPSA) is 51.0 Å². The first-order chi connectivity index (χ1) is 8.65. The van der Waals surface area contributed by atoms with Crippen LogP contribution in [0.25, 0.3) is 11.5 Å². The first-order valence-electron chi connectivity index (χ1n) is 5.61. The molecular formula is C12H13BrFN3O. The molecule has 1 heterocycles. The van der Waals surface area contributed by atoms with Crippen LogP contribution in [0.3, 0.4) is 0 Å². The maximum Gasteiger partial charge on any atom is 0.249 e. The number of benzene rings is 1. The van der Waals surface area contributed by atoms with Crippen LogP contribution in [0, 0.1) is 5.82 Å². The van der Waals surface area contributed by atoms with E-state index in [1.807, 2.05) is 14.0 Å². The zero-order valence-electron chi connectivity index (χ0n) is 10.1. The molecule has 2 aromatic rings. The summed E-state index contributed by atoms with van der Waals surface area (Å²) in [6.07, 6.45) is 0.836. The van der Waals surface area contributed by atoms with Gasteiger partial charge in [0.1, 0.15) is 5.82 Å². The third-order valence-corrected chi connectivity index (χ3v) is 3.35. The molecule has 0 amide bonds. The minimum Gasteiger partial charge on any atom is -0.419 e. The van der Waals surface area contributed by atoms with Crippen LogP contribution < -0.4 is 5.32 Å². The summed E-state index contributed by atoms with van der Waals surface area (Å²) in [5, 5.41) is 11.0. The average molecular weight is 314 g/mol. The minimum atomic E-state index is -0.339. The van der Waals surface area contributed by atoms with E-state index in [1.54, 1.807) is 6.07 Å². The number of hydrogen-bond acceptors (Lipinski definition) is 4. The smallest absolute Gasteiger partial charge is 0.249 e. The third-order valence-electron chi connectivity index (χ3n) is 2.65. The van der Waals surface area contributed by atoms with Crippen molar-refractivity contribution < 1.29 is 8.81 Å². The van der Waals surface area contributed by atoms with Gasteiger partial charge in [0.25, 0.3) is 0 Å². The Bertz CT molecular complexity index is 540. The molecule has 0 bridgehead atoms. The van der Waals surface area contributed by atoms with Crippen LogP contribution in [-0.4, -0.2) is 17.2 Å². The van der Waals surface area contributed by atoms with E-state index in [0.717, 1.165) is 10.9 Å². The van der Waals surface area contributed by atoms with Crippen molar-refractivity contribution in [3.63, 3.8) is 0 Å². The molecule has 0 saturated carbocycles. The van der Waals surface area contributed by atoms with Crippen molar-refractivity contribution in [2.75, 3.05) is 7.05 Å². The zero-order chi connectivity index (χ0) is 13.1. The number of halogens is 2. The van der Waals surface area contributed by atoms with Crippen LogP contribution in [0.2, 0.25) is 0 Å². The fourth-order valence-corrected chi connectivity index (χ4v) is 2.06. The molecule has 2 rings (SSSR count). The van der Waals surface area contributed by atoms with Crippen LogP contribution >= 0.6 is 15.9 Å². The molecule has 0 aliphatic rings. The molecular weight excluding hydrogens is 301 g/mol. The van der Waals surface area contributed by atoms with E-state index in [9.17, 15) is 4.39 Å². The first kappa shape index (κ1) is 13.2. The molecule has 0 radical (unpaired) electrons. The lowest BCUT2D eigenvalue weighted by Crippen LogP contribution is -2.15. The van der Waals surface area contributed by atoms with Gasteiger partial charge in [0.15, 0.2) is 0 Å². The zero-order valence-corrected chi connectivity index (χ0v) is 11.7.